The maximum atomic E-state index is 12.3. The lowest BCUT2D eigenvalue weighted by Crippen LogP contribution is -2.54. The van der Waals surface area contributed by atoms with E-state index in [-0.39, 0.29) is 29.9 Å². The third kappa shape index (κ3) is 2.25. The monoisotopic (exact) mass is 300 g/mol. The molecule has 0 spiro atoms. The average molecular weight is 300 g/mol. The molecule has 2 aliphatic heterocycles. The van der Waals surface area contributed by atoms with Gasteiger partial charge in [0.05, 0.1) is 11.1 Å². The third-order valence-electron chi connectivity index (χ3n) is 3.64. The van der Waals surface area contributed by atoms with E-state index in [1.807, 2.05) is 13.8 Å². The summed E-state index contributed by atoms with van der Waals surface area (Å²) in [6.07, 6.45) is 0.305. The molecule has 3 rings (SSSR count). The van der Waals surface area contributed by atoms with E-state index in [9.17, 15) is 19.2 Å². The third-order valence-corrected chi connectivity index (χ3v) is 3.64. The molecule has 0 saturated carbocycles. The number of fused-ring (bicyclic) bond motifs is 1. The highest BCUT2D eigenvalue weighted by molar-refractivity contribution is 6.23. The molecule has 0 radical (unpaired) electrons. The molecule has 1 atom stereocenters. The molecule has 0 bridgehead atoms. The van der Waals surface area contributed by atoms with E-state index >= 15 is 0 Å². The molecule has 6 heteroatoms. The minimum Gasteiger partial charge on any atom is -0.284 e. The summed E-state index contributed by atoms with van der Waals surface area (Å²) in [6.45, 7) is 4.00. The van der Waals surface area contributed by atoms with Crippen LogP contribution >= 0.6 is 0 Å². The first kappa shape index (κ1) is 15.7. The summed E-state index contributed by atoms with van der Waals surface area (Å²) in [6, 6.07) is 7.10. The van der Waals surface area contributed by atoms with Gasteiger partial charge in [-0.1, -0.05) is 26.0 Å². The highest BCUT2D eigenvalue weighted by atomic mass is 16.2. The molecule has 2 heterocycles. The van der Waals surface area contributed by atoms with Crippen LogP contribution in [0.15, 0.2) is 12.1 Å². The standard InChI is InChI=1S/C14H10N2O4.C2H6/c1-15-11(17)7-6-10(14(15)20)16-12(18)8-4-2-3-5-9(8)13(16)19;1-2/h4-5,10H,6-7H2,1H3;1-2H3. The van der Waals surface area contributed by atoms with Crippen LogP contribution in [0.4, 0.5) is 0 Å². The number of hydrogen-bond acceptors (Lipinski definition) is 4. The number of carbonyl (C=O) groups is 4. The summed E-state index contributed by atoms with van der Waals surface area (Å²) >= 11 is 0. The van der Waals surface area contributed by atoms with Crippen LogP contribution in [0.2, 0.25) is 0 Å². The SMILES string of the molecule is CC.CN1C(=O)CCC(N2C(=O)c3cc#ccc3C2=O)C1=O. The Balaban J connectivity index is 0.000000847. The molecule has 0 N–H and O–H groups in total. The fourth-order valence-corrected chi connectivity index (χ4v) is 2.51. The maximum absolute atomic E-state index is 12.3. The van der Waals surface area contributed by atoms with Crippen molar-refractivity contribution in [2.45, 2.75) is 32.7 Å². The van der Waals surface area contributed by atoms with Crippen LogP contribution in [0.3, 0.4) is 0 Å². The van der Waals surface area contributed by atoms with Gasteiger partial charge in [0.2, 0.25) is 5.91 Å². The van der Waals surface area contributed by atoms with E-state index in [1.165, 1.54) is 19.2 Å². The van der Waals surface area contributed by atoms with Gasteiger partial charge < -0.3 is 0 Å². The van der Waals surface area contributed by atoms with Gasteiger partial charge >= 0.3 is 0 Å². The molecule has 1 fully saturated rings. The van der Waals surface area contributed by atoms with E-state index in [1.54, 1.807) is 0 Å². The highest BCUT2D eigenvalue weighted by Gasteiger charge is 2.45. The van der Waals surface area contributed by atoms with Crippen LogP contribution in [-0.4, -0.2) is 46.5 Å². The first-order valence-corrected chi connectivity index (χ1v) is 7.12. The lowest BCUT2D eigenvalue weighted by Gasteiger charge is -2.32. The number of amides is 4. The number of rotatable bonds is 1. The van der Waals surface area contributed by atoms with E-state index in [4.69, 9.17) is 0 Å². The maximum Gasteiger partial charge on any atom is 0.262 e. The van der Waals surface area contributed by atoms with E-state index < -0.39 is 23.8 Å². The summed E-state index contributed by atoms with van der Waals surface area (Å²) < 4.78 is 0. The lowest BCUT2D eigenvalue weighted by atomic mass is 10.0. The smallest absolute Gasteiger partial charge is 0.262 e. The zero-order chi connectivity index (χ0) is 16.4. The Hall–Kier alpha value is -2.68. The fraction of sp³-hybridized carbons (Fsp3) is 0.375. The molecule has 0 aromatic heterocycles. The number of likely N-dealkylation sites (tertiary alicyclic amines) is 1. The summed E-state index contributed by atoms with van der Waals surface area (Å²) in [7, 11) is 1.36. The molecule has 0 aliphatic carbocycles. The second-order valence-electron chi connectivity index (χ2n) is 4.73. The van der Waals surface area contributed by atoms with Crippen molar-refractivity contribution >= 4 is 23.6 Å². The summed E-state index contributed by atoms with van der Waals surface area (Å²) in [5.74, 6) is -1.86. The molecule has 1 saturated heterocycles. The molecule has 1 aromatic carbocycles. The highest BCUT2D eigenvalue weighted by Crippen LogP contribution is 2.27. The fourth-order valence-electron chi connectivity index (χ4n) is 2.51. The number of nitrogens with zero attached hydrogens (tertiary/aromatic N) is 2. The Morgan fingerprint density at radius 2 is 1.50 bits per heavy atom. The Kier molecular flexibility index (Phi) is 4.27. The van der Waals surface area contributed by atoms with Crippen molar-refractivity contribution in [3.8, 4) is 0 Å². The van der Waals surface area contributed by atoms with E-state index in [2.05, 4.69) is 12.1 Å². The Morgan fingerprint density at radius 1 is 1.00 bits per heavy atom. The molecule has 22 heavy (non-hydrogen) atoms. The Bertz CT molecular complexity index is 618. The van der Waals surface area contributed by atoms with Gasteiger partial charge in [-0.15, -0.1) is 0 Å². The van der Waals surface area contributed by atoms with Crippen LogP contribution in [0.1, 0.15) is 47.4 Å². The van der Waals surface area contributed by atoms with Gasteiger partial charge in [-0.05, 0) is 6.42 Å². The minimum atomic E-state index is -0.912. The van der Waals surface area contributed by atoms with Gasteiger partial charge in [0.1, 0.15) is 6.04 Å². The van der Waals surface area contributed by atoms with Gasteiger partial charge in [-0.2, -0.15) is 0 Å². The van der Waals surface area contributed by atoms with Gasteiger partial charge in [-0.3, -0.25) is 29.0 Å². The van der Waals surface area contributed by atoms with Crippen molar-refractivity contribution in [1.82, 2.24) is 9.80 Å². The van der Waals surface area contributed by atoms with Gasteiger partial charge in [0.25, 0.3) is 17.7 Å². The molecule has 6 nitrogen and oxygen atoms in total. The van der Waals surface area contributed by atoms with E-state index in [0.717, 1.165) is 9.80 Å². The molecule has 1 aromatic rings. The van der Waals surface area contributed by atoms with Crippen LogP contribution in [0.25, 0.3) is 0 Å². The minimum absolute atomic E-state index is 0.137. The van der Waals surface area contributed by atoms with Gasteiger partial charge in [-0.25, -0.2) is 0 Å². The van der Waals surface area contributed by atoms with Gasteiger partial charge in [0.15, 0.2) is 0 Å². The second kappa shape index (κ2) is 5.98. The topological polar surface area (TPSA) is 74.8 Å². The summed E-state index contributed by atoms with van der Waals surface area (Å²) in [4.78, 5) is 50.0. The lowest BCUT2D eigenvalue weighted by molar-refractivity contribution is -0.149. The van der Waals surface area contributed by atoms with Crippen molar-refractivity contribution in [2.24, 2.45) is 0 Å². The summed E-state index contributed by atoms with van der Waals surface area (Å²) in [5, 5.41) is 0. The summed E-state index contributed by atoms with van der Waals surface area (Å²) in [5.41, 5.74) is 0.446. The molecule has 114 valence electrons. The average Bonchev–Trinajstić information content (AvgIpc) is 2.80. The number of piperidine rings is 1. The first-order chi connectivity index (χ1) is 10.5. The zero-order valence-corrected chi connectivity index (χ0v) is 12.7. The van der Waals surface area contributed by atoms with Crippen molar-refractivity contribution in [3.05, 3.63) is 35.4 Å². The van der Waals surface area contributed by atoms with Crippen LogP contribution in [0.5, 0.6) is 0 Å². The van der Waals surface area contributed by atoms with E-state index in [0.29, 0.717) is 0 Å². The molecular formula is C16H16N2O4. The van der Waals surface area contributed by atoms with Crippen LogP contribution in [0, 0.1) is 12.1 Å². The molecule has 2 aliphatic rings. The molecule has 4 amide bonds. The van der Waals surface area contributed by atoms with Crippen LogP contribution in [-0.2, 0) is 9.59 Å². The van der Waals surface area contributed by atoms with Crippen LogP contribution < -0.4 is 0 Å². The van der Waals surface area contributed by atoms with Crippen molar-refractivity contribution in [2.75, 3.05) is 7.05 Å². The number of imide groups is 2. The Morgan fingerprint density at radius 3 is 2.00 bits per heavy atom. The predicted octanol–water partition coefficient (Wildman–Crippen LogP) is 1.06. The van der Waals surface area contributed by atoms with Gasteiger partial charge in [0, 0.05) is 25.6 Å². The number of carbonyl (C=O) groups excluding carboxylic acids is 4. The number of likely N-dealkylation sites (N-methyl/N-ethyl adjacent to an activating group) is 1. The normalized spacial score (nSPS) is 20.4. The quantitative estimate of drug-likeness (QED) is 0.727. The van der Waals surface area contributed by atoms with Crippen molar-refractivity contribution < 1.29 is 19.2 Å². The molecular weight excluding hydrogens is 284 g/mol. The van der Waals surface area contributed by atoms with Crippen molar-refractivity contribution in [3.63, 3.8) is 0 Å². The predicted molar refractivity (Wildman–Crippen MR) is 76.8 cm³/mol. The first-order valence-electron chi connectivity index (χ1n) is 7.12. The largest absolute Gasteiger partial charge is 0.284 e. The second-order valence-corrected chi connectivity index (χ2v) is 4.73. The van der Waals surface area contributed by atoms with Crippen molar-refractivity contribution in [1.29, 1.82) is 0 Å². The Labute approximate surface area is 128 Å². The zero-order valence-electron chi connectivity index (χ0n) is 12.7. The molecule has 1 unspecified atom stereocenters. The number of hydrogen-bond donors (Lipinski definition) is 0.